The molecule has 2 aromatic carbocycles. The molecule has 6 heteroatoms. The third-order valence-corrected chi connectivity index (χ3v) is 7.71. The van der Waals surface area contributed by atoms with Crippen LogP contribution in [0.25, 0.3) is 0 Å². The summed E-state index contributed by atoms with van der Waals surface area (Å²) in [6, 6.07) is 15.7. The molecule has 0 saturated heterocycles. The molecule has 3 atom stereocenters. The fourth-order valence-electron chi connectivity index (χ4n) is 6.46. The number of nitrogens with zero attached hydrogens (tertiary/aromatic N) is 3. The van der Waals surface area contributed by atoms with E-state index in [0.717, 1.165) is 31.4 Å². The van der Waals surface area contributed by atoms with E-state index in [1.54, 1.807) is 12.1 Å². The minimum Gasteiger partial charge on any atom is -0.457 e. The van der Waals surface area contributed by atoms with E-state index in [9.17, 15) is 0 Å². The lowest BCUT2D eigenvalue weighted by Crippen LogP contribution is -2.38. The quantitative estimate of drug-likeness (QED) is 0.832. The van der Waals surface area contributed by atoms with E-state index in [1.165, 1.54) is 17.5 Å². The number of hydrogen-bond donors (Lipinski definition) is 1. The molecule has 2 fully saturated rings. The topological polar surface area (TPSA) is 83.9 Å². The van der Waals surface area contributed by atoms with Gasteiger partial charge < -0.3 is 20.1 Å². The van der Waals surface area contributed by atoms with Gasteiger partial charge in [-0.2, -0.15) is 5.26 Å². The number of aliphatic imine (C=N–C) groups is 1. The Morgan fingerprint density at radius 1 is 1.17 bits per heavy atom. The van der Waals surface area contributed by atoms with E-state index < -0.39 is 5.54 Å². The van der Waals surface area contributed by atoms with Crippen molar-refractivity contribution in [2.45, 2.75) is 43.2 Å². The molecule has 6 rings (SSSR count). The summed E-state index contributed by atoms with van der Waals surface area (Å²) >= 11 is 0. The third kappa shape index (κ3) is 1.94. The molecule has 2 saturated carbocycles. The van der Waals surface area contributed by atoms with E-state index in [1.807, 2.05) is 30.1 Å². The van der Waals surface area contributed by atoms with Crippen LogP contribution in [0.5, 0.6) is 11.5 Å². The van der Waals surface area contributed by atoms with E-state index in [-0.39, 0.29) is 11.0 Å². The second kappa shape index (κ2) is 5.77. The average Bonchev–Trinajstić information content (AvgIpc) is 3.19. The lowest BCUT2D eigenvalue weighted by Gasteiger charge is -2.31. The van der Waals surface area contributed by atoms with Crippen LogP contribution >= 0.6 is 0 Å². The van der Waals surface area contributed by atoms with Crippen molar-refractivity contribution < 1.29 is 9.47 Å². The van der Waals surface area contributed by atoms with Gasteiger partial charge in [0.2, 0.25) is 0 Å². The molecule has 1 aliphatic heterocycles. The molecule has 0 aromatic heterocycles. The number of fused-ring (bicyclic) bond motifs is 1. The van der Waals surface area contributed by atoms with Crippen LogP contribution in [-0.2, 0) is 16.7 Å². The minimum absolute atomic E-state index is 0.00577. The van der Waals surface area contributed by atoms with Gasteiger partial charge in [0, 0.05) is 12.5 Å². The highest BCUT2D eigenvalue weighted by Gasteiger charge is 2.92. The summed E-state index contributed by atoms with van der Waals surface area (Å²) in [4.78, 5) is 7.05. The normalized spacial score (nSPS) is 33.2. The Hall–Kier alpha value is -3.04. The molecule has 30 heavy (non-hydrogen) atoms. The minimum atomic E-state index is -0.422. The van der Waals surface area contributed by atoms with Crippen LogP contribution in [0.3, 0.4) is 0 Å². The van der Waals surface area contributed by atoms with Crippen molar-refractivity contribution in [3.8, 4) is 17.6 Å². The largest absolute Gasteiger partial charge is 0.457 e. The summed E-state index contributed by atoms with van der Waals surface area (Å²) in [5.41, 5.74) is 8.78. The highest BCUT2D eigenvalue weighted by Crippen LogP contribution is 2.85. The molecular weight excluding hydrogens is 376 g/mol. The molecule has 0 radical (unpaired) electrons. The Labute approximate surface area is 175 Å². The molecule has 3 aliphatic carbocycles. The van der Waals surface area contributed by atoms with E-state index in [2.05, 4.69) is 18.2 Å². The average molecular weight is 400 g/mol. The van der Waals surface area contributed by atoms with Gasteiger partial charge >= 0.3 is 0 Å². The summed E-state index contributed by atoms with van der Waals surface area (Å²) in [5.74, 6) is 1.95. The van der Waals surface area contributed by atoms with Gasteiger partial charge in [-0.3, -0.25) is 0 Å². The molecular formula is C24H24N4O2. The smallest absolute Gasteiger partial charge is 0.193 e. The summed E-state index contributed by atoms with van der Waals surface area (Å²) in [5, 5.41) is 9.16. The number of nitriles is 1. The van der Waals surface area contributed by atoms with Crippen molar-refractivity contribution in [3.63, 3.8) is 0 Å². The van der Waals surface area contributed by atoms with Crippen LogP contribution in [0, 0.1) is 16.7 Å². The Balaban J connectivity index is 1.46. The van der Waals surface area contributed by atoms with Gasteiger partial charge in [0.15, 0.2) is 5.96 Å². The molecule has 0 bridgehead atoms. The van der Waals surface area contributed by atoms with Gasteiger partial charge in [-0.25, -0.2) is 4.99 Å². The van der Waals surface area contributed by atoms with Crippen molar-refractivity contribution in [3.05, 3.63) is 59.2 Å². The van der Waals surface area contributed by atoms with E-state index in [0.29, 0.717) is 24.0 Å². The van der Waals surface area contributed by atoms with Crippen LogP contribution in [0.4, 0.5) is 0 Å². The number of rotatable bonds is 2. The van der Waals surface area contributed by atoms with Gasteiger partial charge in [0.1, 0.15) is 29.4 Å². The second-order valence-electron chi connectivity index (χ2n) is 9.01. The van der Waals surface area contributed by atoms with Crippen molar-refractivity contribution >= 4 is 5.96 Å². The lowest BCUT2D eigenvalue weighted by molar-refractivity contribution is -0.0549. The maximum atomic E-state index is 9.16. The molecule has 152 valence electrons. The Kier molecular flexibility index (Phi) is 3.42. The molecule has 1 heterocycles. The molecule has 0 amide bonds. The van der Waals surface area contributed by atoms with Crippen LogP contribution in [-0.4, -0.2) is 30.2 Å². The zero-order valence-electron chi connectivity index (χ0n) is 17.0. The zero-order valence-corrected chi connectivity index (χ0v) is 17.0. The predicted octanol–water partition coefficient (Wildman–Crippen LogP) is 3.65. The van der Waals surface area contributed by atoms with E-state index in [4.69, 9.17) is 25.5 Å². The molecule has 6 nitrogen and oxygen atoms in total. The van der Waals surface area contributed by atoms with Crippen LogP contribution in [0.15, 0.2) is 47.5 Å². The fraction of sp³-hybridized carbons (Fsp3) is 0.417. The Bertz CT molecular complexity index is 1140. The third-order valence-electron chi connectivity index (χ3n) is 7.71. The first-order chi connectivity index (χ1) is 14.6. The monoisotopic (exact) mass is 400 g/mol. The van der Waals surface area contributed by atoms with E-state index >= 15 is 0 Å². The highest BCUT2D eigenvalue weighted by molar-refractivity contribution is 5.81. The molecule has 2 N–H and O–H groups in total. The standard InChI is InChI=1S/C24H24N4O2/c1-28-15-29-23-10-3-2-9-22(23)13-17-7-8-19(12-20(17)24(22,23)27-21(28)26)30-18-6-4-5-16(11-18)14-25/h4-8,11-12H,2-3,9-10,13,15H2,1H3,(H2,26,27)/t22-,23?,24?/m0/s1. The van der Waals surface area contributed by atoms with Crippen molar-refractivity contribution in [2.24, 2.45) is 16.1 Å². The number of guanidine groups is 1. The lowest BCUT2D eigenvalue weighted by atomic mass is 9.82. The Morgan fingerprint density at radius 2 is 2.00 bits per heavy atom. The fourth-order valence-corrected chi connectivity index (χ4v) is 6.46. The second-order valence-corrected chi connectivity index (χ2v) is 9.01. The first-order valence-electron chi connectivity index (χ1n) is 10.6. The summed E-state index contributed by atoms with van der Waals surface area (Å²) in [7, 11) is 1.93. The summed E-state index contributed by atoms with van der Waals surface area (Å²) in [6.07, 6.45) is 5.48. The van der Waals surface area contributed by atoms with Gasteiger partial charge in [0.25, 0.3) is 0 Å². The molecule has 4 aliphatic rings. The van der Waals surface area contributed by atoms with Crippen LogP contribution < -0.4 is 10.5 Å². The first kappa shape index (κ1) is 17.8. The van der Waals surface area contributed by atoms with Gasteiger partial charge in [-0.1, -0.05) is 25.0 Å². The van der Waals surface area contributed by atoms with Crippen LogP contribution in [0.1, 0.15) is 42.4 Å². The van der Waals surface area contributed by atoms with Crippen molar-refractivity contribution in [2.75, 3.05) is 13.8 Å². The SMILES string of the molecule is CN1COC23CCCC[C@]24Cc2ccc(Oc5cccc(C#N)c5)cc2C34N=C1N. The van der Waals surface area contributed by atoms with Crippen molar-refractivity contribution in [1.29, 1.82) is 5.26 Å². The molecule has 2 unspecified atom stereocenters. The van der Waals surface area contributed by atoms with Gasteiger partial charge in [0.05, 0.1) is 11.6 Å². The van der Waals surface area contributed by atoms with Crippen LogP contribution in [0.2, 0.25) is 0 Å². The zero-order chi connectivity index (χ0) is 20.6. The maximum Gasteiger partial charge on any atom is 0.193 e. The number of hydrogen-bond acceptors (Lipinski definition) is 6. The summed E-state index contributed by atoms with van der Waals surface area (Å²) < 4.78 is 12.7. The predicted molar refractivity (Wildman–Crippen MR) is 112 cm³/mol. The highest BCUT2D eigenvalue weighted by atomic mass is 16.5. The summed E-state index contributed by atoms with van der Waals surface area (Å²) in [6.45, 7) is 0.477. The Morgan fingerprint density at radius 3 is 2.87 bits per heavy atom. The first-order valence-corrected chi connectivity index (χ1v) is 10.6. The maximum absolute atomic E-state index is 9.16. The molecule has 3 spiro atoms. The number of ether oxygens (including phenoxy) is 2. The number of benzene rings is 2. The molecule has 2 aromatic rings. The van der Waals surface area contributed by atoms with Crippen molar-refractivity contribution in [1.82, 2.24) is 4.90 Å². The number of nitrogens with two attached hydrogens (primary N) is 1. The van der Waals surface area contributed by atoms with Gasteiger partial charge in [-0.05, 0) is 60.7 Å². The van der Waals surface area contributed by atoms with Gasteiger partial charge in [-0.15, -0.1) is 0 Å².